The number of aromatic nitrogens is 1. The zero-order valence-electron chi connectivity index (χ0n) is 11.2. The third-order valence-electron chi connectivity index (χ3n) is 4.14. The summed E-state index contributed by atoms with van der Waals surface area (Å²) in [5.41, 5.74) is 3.69. The Morgan fingerprint density at radius 2 is 1.61 bits per heavy atom. The van der Waals surface area contributed by atoms with E-state index in [1.165, 1.54) is 5.56 Å². The summed E-state index contributed by atoms with van der Waals surface area (Å²) >= 11 is 0. The van der Waals surface area contributed by atoms with Crippen molar-refractivity contribution in [3.8, 4) is 0 Å². The Bertz CT molecular complexity index is 408. The lowest BCUT2D eigenvalue weighted by Gasteiger charge is -2.35. The molecule has 0 unspecified atom stereocenters. The van der Waals surface area contributed by atoms with Crippen LogP contribution in [0.1, 0.15) is 48.6 Å². The molecule has 2 aliphatic rings. The van der Waals surface area contributed by atoms with Crippen molar-refractivity contribution >= 4 is 0 Å². The topological polar surface area (TPSA) is 31.4 Å². The molecule has 98 valence electrons. The van der Waals surface area contributed by atoms with Gasteiger partial charge in [0.1, 0.15) is 0 Å². The Kier molecular flexibility index (Phi) is 3.12. The van der Waals surface area contributed by atoms with Gasteiger partial charge >= 0.3 is 0 Å². The quantitative estimate of drug-likeness (QED) is 0.764. The van der Waals surface area contributed by atoms with E-state index < -0.39 is 0 Å². The maximum atomic E-state index is 5.78. The maximum absolute atomic E-state index is 5.78. The lowest BCUT2D eigenvalue weighted by Crippen LogP contribution is -2.34. The Labute approximate surface area is 109 Å². The van der Waals surface area contributed by atoms with Gasteiger partial charge < -0.3 is 9.47 Å². The van der Waals surface area contributed by atoms with Crippen LogP contribution in [0.5, 0.6) is 0 Å². The molecule has 3 nitrogen and oxygen atoms in total. The van der Waals surface area contributed by atoms with Crippen molar-refractivity contribution in [2.75, 3.05) is 13.2 Å². The van der Waals surface area contributed by atoms with Gasteiger partial charge in [-0.1, -0.05) is 0 Å². The lowest BCUT2D eigenvalue weighted by atomic mass is 9.81. The molecule has 3 heteroatoms. The first-order valence-electron chi connectivity index (χ1n) is 6.90. The van der Waals surface area contributed by atoms with Gasteiger partial charge in [-0.2, -0.15) is 0 Å². The van der Waals surface area contributed by atoms with Crippen LogP contribution in [0, 0.1) is 13.8 Å². The smallest absolute Gasteiger partial charge is 0.168 e. The molecule has 0 N–H and O–H groups in total. The molecule has 3 rings (SSSR count). The summed E-state index contributed by atoms with van der Waals surface area (Å²) < 4.78 is 11.6. The van der Waals surface area contributed by atoms with E-state index in [2.05, 4.69) is 31.0 Å². The predicted octanol–water partition coefficient (Wildman–Crippen LogP) is 3.10. The molecule has 0 amide bonds. The summed E-state index contributed by atoms with van der Waals surface area (Å²) in [6.07, 6.45) is 4.36. The average molecular weight is 247 g/mol. The molecule has 1 aromatic heterocycles. The van der Waals surface area contributed by atoms with Gasteiger partial charge in [0.25, 0.3) is 0 Å². The molecule has 1 aliphatic heterocycles. The number of hydrogen-bond acceptors (Lipinski definition) is 3. The van der Waals surface area contributed by atoms with Crippen LogP contribution < -0.4 is 0 Å². The first kappa shape index (κ1) is 12.1. The molecule has 0 atom stereocenters. The van der Waals surface area contributed by atoms with Crippen LogP contribution in [-0.4, -0.2) is 24.0 Å². The summed E-state index contributed by atoms with van der Waals surface area (Å²) in [6, 6.07) is 4.46. The molecule has 1 aliphatic carbocycles. The van der Waals surface area contributed by atoms with Crippen molar-refractivity contribution in [2.45, 2.75) is 51.2 Å². The third kappa shape index (κ3) is 2.29. The van der Waals surface area contributed by atoms with Crippen LogP contribution in [-0.2, 0) is 9.47 Å². The number of rotatable bonds is 1. The Morgan fingerprint density at radius 3 is 2.17 bits per heavy atom. The number of pyridine rings is 1. The van der Waals surface area contributed by atoms with E-state index in [4.69, 9.17) is 9.47 Å². The number of hydrogen-bond donors (Lipinski definition) is 0. The van der Waals surface area contributed by atoms with E-state index in [1.54, 1.807) is 0 Å². The first-order chi connectivity index (χ1) is 8.67. The second kappa shape index (κ2) is 4.63. The van der Waals surface area contributed by atoms with Crippen molar-refractivity contribution in [2.24, 2.45) is 0 Å². The summed E-state index contributed by atoms with van der Waals surface area (Å²) in [5, 5.41) is 0. The van der Waals surface area contributed by atoms with Gasteiger partial charge in [0.2, 0.25) is 0 Å². The molecule has 0 aromatic carbocycles. The molecule has 1 saturated heterocycles. The van der Waals surface area contributed by atoms with Gasteiger partial charge in [0, 0.05) is 24.2 Å². The van der Waals surface area contributed by atoms with Crippen LogP contribution in [0.25, 0.3) is 0 Å². The SMILES string of the molecule is Cc1cc(C2CCC3(CC2)OCCO3)cc(C)n1. The van der Waals surface area contributed by atoms with Crippen LogP contribution in [0.3, 0.4) is 0 Å². The molecule has 0 radical (unpaired) electrons. The number of ether oxygens (including phenoxy) is 2. The predicted molar refractivity (Wildman–Crippen MR) is 69.6 cm³/mol. The molecule has 0 bridgehead atoms. The summed E-state index contributed by atoms with van der Waals surface area (Å²) in [4.78, 5) is 4.45. The molecular weight excluding hydrogens is 226 g/mol. The fraction of sp³-hybridized carbons (Fsp3) is 0.667. The van der Waals surface area contributed by atoms with Crippen LogP contribution in [0.4, 0.5) is 0 Å². The lowest BCUT2D eigenvalue weighted by molar-refractivity contribution is -0.178. The van der Waals surface area contributed by atoms with Crippen LogP contribution >= 0.6 is 0 Å². The van der Waals surface area contributed by atoms with Crippen LogP contribution in [0.2, 0.25) is 0 Å². The minimum atomic E-state index is -0.242. The van der Waals surface area contributed by atoms with Crippen molar-refractivity contribution in [1.29, 1.82) is 0 Å². The standard InChI is InChI=1S/C15H21NO2/c1-11-9-14(10-12(2)16-11)13-3-5-15(6-4-13)17-7-8-18-15/h9-10,13H,3-8H2,1-2H3. The van der Waals surface area contributed by atoms with Crippen molar-refractivity contribution in [3.05, 3.63) is 29.1 Å². The van der Waals surface area contributed by atoms with Crippen molar-refractivity contribution in [1.82, 2.24) is 4.98 Å². The Morgan fingerprint density at radius 1 is 1.06 bits per heavy atom. The Balaban J connectivity index is 1.72. The second-order valence-electron chi connectivity index (χ2n) is 5.57. The highest BCUT2D eigenvalue weighted by Gasteiger charge is 2.40. The first-order valence-corrected chi connectivity index (χ1v) is 6.90. The monoisotopic (exact) mass is 247 g/mol. The molecular formula is C15H21NO2. The minimum absolute atomic E-state index is 0.242. The van der Waals surface area contributed by atoms with E-state index in [9.17, 15) is 0 Å². The van der Waals surface area contributed by atoms with Gasteiger partial charge in [-0.3, -0.25) is 4.98 Å². The summed E-state index contributed by atoms with van der Waals surface area (Å²) in [6.45, 7) is 5.67. The van der Waals surface area contributed by atoms with E-state index in [0.29, 0.717) is 5.92 Å². The third-order valence-corrected chi connectivity index (χ3v) is 4.14. The highest BCUT2D eigenvalue weighted by Crippen LogP contribution is 2.42. The van der Waals surface area contributed by atoms with Gasteiger partial charge in [0.15, 0.2) is 5.79 Å². The van der Waals surface area contributed by atoms with Gasteiger partial charge in [0.05, 0.1) is 13.2 Å². The van der Waals surface area contributed by atoms with Gasteiger partial charge in [-0.05, 0) is 50.3 Å². The largest absolute Gasteiger partial charge is 0.348 e. The number of aryl methyl sites for hydroxylation is 2. The Hall–Kier alpha value is -0.930. The summed E-state index contributed by atoms with van der Waals surface area (Å²) in [7, 11) is 0. The van der Waals surface area contributed by atoms with Crippen molar-refractivity contribution < 1.29 is 9.47 Å². The van der Waals surface area contributed by atoms with E-state index in [1.807, 2.05) is 0 Å². The fourth-order valence-corrected chi connectivity index (χ4v) is 3.28. The highest BCUT2D eigenvalue weighted by atomic mass is 16.7. The van der Waals surface area contributed by atoms with Gasteiger partial charge in [-0.25, -0.2) is 0 Å². The van der Waals surface area contributed by atoms with Crippen LogP contribution in [0.15, 0.2) is 12.1 Å². The fourth-order valence-electron chi connectivity index (χ4n) is 3.28. The summed E-state index contributed by atoms with van der Waals surface area (Å²) in [5.74, 6) is 0.400. The second-order valence-corrected chi connectivity index (χ2v) is 5.57. The van der Waals surface area contributed by atoms with Crippen molar-refractivity contribution in [3.63, 3.8) is 0 Å². The number of nitrogens with zero attached hydrogens (tertiary/aromatic N) is 1. The molecule has 2 heterocycles. The molecule has 1 saturated carbocycles. The highest BCUT2D eigenvalue weighted by molar-refractivity contribution is 5.24. The van der Waals surface area contributed by atoms with Gasteiger partial charge in [-0.15, -0.1) is 0 Å². The molecule has 1 aromatic rings. The normalized spacial score (nSPS) is 23.7. The molecule has 2 fully saturated rings. The molecule has 18 heavy (non-hydrogen) atoms. The van der Waals surface area contributed by atoms with E-state index >= 15 is 0 Å². The zero-order valence-corrected chi connectivity index (χ0v) is 11.2. The maximum Gasteiger partial charge on any atom is 0.168 e. The minimum Gasteiger partial charge on any atom is -0.348 e. The van der Waals surface area contributed by atoms with E-state index in [0.717, 1.165) is 50.3 Å². The molecule has 1 spiro atoms. The zero-order chi connectivity index (χ0) is 12.6. The average Bonchev–Trinajstić information content (AvgIpc) is 2.77. The van der Waals surface area contributed by atoms with E-state index in [-0.39, 0.29) is 5.79 Å².